The molecule has 1 N–H and O–H groups in total. The predicted molar refractivity (Wildman–Crippen MR) is 93.4 cm³/mol. The van der Waals surface area contributed by atoms with Crippen molar-refractivity contribution in [3.05, 3.63) is 26.7 Å². The summed E-state index contributed by atoms with van der Waals surface area (Å²) in [5.41, 5.74) is 1.52. The van der Waals surface area contributed by atoms with Crippen molar-refractivity contribution in [2.24, 2.45) is 5.92 Å². The van der Waals surface area contributed by atoms with Crippen LogP contribution in [0.25, 0.3) is 0 Å². The lowest BCUT2D eigenvalue weighted by Gasteiger charge is -2.25. The summed E-state index contributed by atoms with van der Waals surface area (Å²) >= 11 is 2.97. The SMILES string of the molecule is Cc1nc(C(=O)N2CCc3nc(NC(=O)C4CCC4)sc3C2)cs1. The Balaban J connectivity index is 1.45. The summed E-state index contributed by atoms with van der Waals surface area (Å²) in [6.07, 6.45) is 3.82. The Morgan fingerprint density at radius 2 is 2.17 bits per heavy atom. The third-order valence-corrected chi connectivity index (χ3v) is 6.33. The van der Waals surface area contributed by atoms with Crippen LogP contribution in [-0.4, -0.2) is 33.2 Å². The summed E-state index contributed by atoms with van der Waals surface area (Å²) < 4.78 is 0. The van der Waals surface area contributed by atoms with Gasteiger partial charge in [-0.15, -0.1) is 11.3 Å². The van der Waals surface area contributed by atoms with E-state index in [4.69, 9.17) is 0 Å². The minimum absolute atomic E-state index is 0.0292. The summed E-state index contributed by atoms with van der Waals surface area (Å²) in [4.78, 5) is 36.3. The molecular formula is C16H18N4O2S2. The zero-order valence-electron chi connectivity index (χ0n) is 13.4. The van der Waals surface area contributed by atoms with E-state index in [1.165, 1.54) is 22.7 Å². The molecule has 2 aromatic heterocycles. The molecule has 4 rings (SSSR count). The first-order chi connectivity index (χ1) is 11.6. The van der Waals surface area contributed by atoms with Crippen molar-refractivity contribution < 1.29 is 9.59 Å². The molecule has 1 fully saturated rings. The fraction of sp³-hybridized carbons (Fsp3) is 0.500. The highest BCUT2D eigenvalue weighted by molar-refractivity contribution is 7.15. The fourth-order valence-corrected chi connectivity index (χ4v) is 4.54. The first-order valence-electron chi connectivity index (χ1n) is 8.11. The zero-order chi connectivity index (χ0) is 16.7. The van der Waals surface area contributed by atoms with Crippen LogP contribution < -0.4 is 5.32 Å². The molecule has 0 aromatic carbocycles. The van der Waals surface area contributed by atoms with E-state index in [-0.39, 0.29) is 17.7 Å². The van der Waals surface area contributed by atoms with Crippen LogP contribution in [0.15, 0.2) is 5.38 Å². The van der Waals surface area contributed by atoms with E-state index in [1.807, 2.05) is 17.2 Å². The van der Waals surface area contributed by atoms with Crippen molar-refractivity contribution in [1.29, 1.82) is 0 Å². The maximum absolute atomic E-state index is 12.5. The number of carbonyl (C=O) groups excluding carboxylic acids is 2. The molecule has 1 saturated carbocycles. The lowest BCUT2D eigenvalue weighted by Crippen LogP contribution is -2.35. The van der Waals surface area contributed by atoms with Crippen molar-refractivity contribution in [2.75, 3.05) is 11.9 Å². The van der Waals surface area contributed by atoms with Crippen molar-refractivity contribution in [3.8, 4) is 0 Å². The highest BCUT2D eigenvalue weighted by Gasteiger charge is 2.28. The molecule has 0 saturated heterocycles. The van der Waals surface area contributed by atoms with Crippen molar-refractivity contribution in [1.82, 2.24) is 14.9 Å². The van der Waals surface area contributed by atoms with Crippen LogP contribution in [0.5, 0.6) is 0 Å². The molecule has 0 bridgehead atoms. The molecule has 2 aliphatic rings. The Morgan fingerprint density at radius 3 is 2.83 bits per heavy atom. The topological polar surface area (TPSA) is 75.2 Å². The summed E-state index contributed by atoms with van der Waals surface area (Å²) in [6, 6.07) is 0. The number of anilines is 1. The monoisotopic (exact) mass is 362 g/mol. The van der Waals surface area contributed by atoms with Crippen LogP contribution in [0.2, 0.25) is 0 Å². The van der Waals surface area contributed by atoms with Crippen LogP contribution in [0.1, 0.15) is 45.3 Å². The maximum atomic E-state index is 12.5. The quantitative estimate of drug-likeness (QED) is 0.911. The second kappa shape index (κ2) is 6.25. The third kappa shape index (κ3) is 2.95. The molecule has 0 unspecified atom stereocenters. The lowest BCUT2D eigenvalue weighted by atomic mass is 9.85. The van der Waals surface area contributed by atoms with E-state index in [0.29, 0.717) is 23.9 Å². The Labute approximate surface area is 147 Å². The van der Waals surface area contributed by atoms with E-state index in [0.717, 1.165) is 41.3 Å². The number of aromatic nitrogens is 2. The first kappa shape index (κ1) is 15.7. The molecule has 1 aliphatic heterocycles. The Kier molecular flexibility index (Phi) is 4.09. The molecule has 2 amide bonds. The molecule has 0 atom stereocenters. The van der Waals surface area contributed by atoms with E-state index in [2.05, 4.69) is 15.3 Å². The van der Waals surface area contributed by atoms with Gasteiger partial charge < -0.3 is 10.2 Å². The highest BCUT2D eigenvalue weighted by atomic mass is 32.1. The van der Waals surface area contributed by atoms with E-state index in [1.54, 1.807) is 0 Å². The number of rotatable bonds is 3. The van der Waals surface area contributed by atoms with Gasteiger partial charge in [-0.2, -0.15) is 0 Å². The molecular weight excluding hydrogens is 344 g/mol. The molecule has 0 spiro atoms. The lowest BCUT2D eigenvalue weighted by molar-refractivity contribution is -0.122. The third-order valence-electron chi connectivity index (χ3n) is 4.56. The van der Waals surface area contributed by atoms with Crippen LogP contribution in [0.4, 0.5) is 5.13 Å². The fourth-order valence-electron chi connectivity index (χ4n) is 2.92. The normalized spacial score (nSPS) is 17.3. The Hall–Kier alpha value is -1.80. The van der Waals surface area contributed by atoms with Crippen LogP contribution in [-0.2, 0) is 17.8 Å². The van der Waals surface area contributed by atoms with Gasteiger partial charge in [0, 0.05) is 29.1 Å². The summed E-state index contributed by atoms with van der Waals surface area (Å²) in [5.74, 6) is 0.202. The summed E-state index contributed by atoms with van der Waals surface area (Å²) in [7, 11) is 0. The zero-order valence-corrected chi connectivity index (χ0v) is 15.0. The molecule has 6 nitrogen and oxygen atoms in total. The number of aryl methyl sites for hydroxylation is 1. The van der Waals surface area contributed by atoms with Crippen molar-refractivity contribution in [3.63, 3.8) is 0 Å². The van der Waals surface area contributed by atoms with E-state index >= 15 is 0 Å². The highest BCUT2D eigenvalue weighted by Crippen LogP contribution is 2.31. The second-order valence-electron chi connectivity index (χ2n) is 6.23. The molecule has 24 heavy (non-hydrogen) atoms. The van der Waals surface area contributed by atoms with Gasteiger partial charge in [0.15, 0.2) is 5.13 Å². The number of nitrogens with one attached hydrogen (secondary N) is 1. The molecule has 126 valence electrons. The maximum Gasteiger partial charge on any atom is 0.273 e. The van der Waals surface area contributed by atoms with Gasteiger partial charge in [-0.25, -0.2) is 9.97 Å². The van der Waals surface area contributed by atoms with Gasteiger partial charge in [-0.3, -0.25) is 9.59 Å². The van der Waals surface area contributed by atoms with Gasteiger partial charge in [0.2, 0.25) is 5.91 Å². The predicted octanol–water partition coefficient (Wildman–Crippen LogP) is 2.85. The molecule has 3 heterocycles. The van der Waals surface area contributed by atoms with Crippen LogP contribution in [0, 0.1) is 12.8 Å². The van der Waals surface area contributed by atoms with Gasteiger partial charge >= 0.3 is 0 Å². The van der Waals surface area contributed by atoms with Gasteiger partial charge in [-0.05, 0) is 19.8 Å². The molecule has 0 radical (unpaired) electrons. The second-order valence-corrected chi connectivity index (χ2v) is 8.38. The van der Waals surface area contributed by atoms with Crippen molar-refractivity contribution in [2.45, 2.75) is 39.2 Å². The number of amides is 2. The molecule has 1 aliphatic carbocycles. The average molecular weight is 362 g/mol. The largest absolute Gasteiger partial charge is 0.332 e. The van der Waals surface area contributed by atoms with E-state index < -0.39 is 0 Å². The standard InChI is InChI=1S/C16H18N4O2S2/c1-9-17-12(8-23-9)15(22)20-6-5-11-13(7-20)24-16(18-11)19-14(21)10-3-2-4-10/h8,10H,2-7H2,1H3,(H,18,19,21). The molecule has 8 heteroatoms. The van der Waals surface area contributed by atoms with E-state index in [9.17, 15) is 9.59 Å². The number of fused-ring (bicyclic) bond motifs is 1. The Bertz CT molecular complexity index is 794. The van der Waals surface area contributed by atoms with Gasteiger partial charge in [-0.1, -0.05) is 17.8 Å². The van der Waals surface area contributed by atoms with Gasteiger partial charge in [0.1, 0.15) is 5.69 Å². The minimum atomic E-state index is -0.0292. The summed E-state index contributed by atoms with van der Waals surface area (Å²) in [5, 5.41) is 6.30. The number of hydrogen-bond donors (Lipinski definition) is 1. The number of nitrogens with zero attached hydrogens (tertiary/aromatic N) is 3. The first-order valence-corrected chi connectivity index (χ1v) is 9.80. The van der Waals surface area contributed by atoms with Crippen molar-refractivity contribution >= 4 is 39.6 Å². The summed E-state index contributed by atoms with van der Waals surface area (Å²) in [6.45, 7) is 3.08. The number of carbonyl (C=O) groups is 2. The van der Waals surface area contributed by atoms with Crippen LogP contribution in [0.3, 0.4) is 0 Å². The minimum Gasteiger partial charge on any atom is -0.332 e. The number of thiazole rings is 2. The van der Waals surface area contributed by atoms with Crippen LogP contribution >= 0.6 is 22.7 Å². The average Bonchev–Trinajstić information content (AvgIpc) is 3.09. The Morgan fingerprint density at radius 1 is 1.33 bits per heavy atom. The molecule has 2 aromatic rings. The van der Waals surface area contributed by atoms with Gasteiger partial charge in [0.05, 0.1) is 17.2 Å². The smallest absolute Gasteiger partial charge is 0.273 e. The number of hydrogen-bond acceptors (Lipinski definition) is 6. The van der Waals surface area contributed by atoms with Gasteiger partial charge in [0.25, 0.3) is 5.91 Å².